The Morgan fingerprint density at radius 2 is 1.69 bits per heavy atom. The highest BCUT2D eigenvalue weighted by molar-refractivity contribution is 7.92. The van der Waals surface area contributed by atoms with Crippen LogP contribution in [0.4, 0.5) is 11.4 Å². The quantitative estimate of drug-likeness (QED) is 0.685. The predicted octanol–water partition coefficient (Wildman–Crippen LogP) is 4.35. The molecule has 3 aromatic rings. The van der Waals surface area contributed by atoms with Gasteiger partial charge in [0.2, 0.25) is 10.0 Å². The standard InChI is InChI=1S/C19H18N2O3S2/c1-13-5-3-6-14(9-13)15-10-18(25-12-15)19(22)20-16-7-4-8-17(11-16)21-26(2,23)24/h3-12,21H,1-2H3,(H,20,22). The van der Waals surface area contributed by atoms with Gasteiger partial charge in [0, 0.05) is 5.69 Å². The molecule has 134 valence electrons. The van der Waals surface area contributed by atoms with Crippen molar-refractivity contribution in [3.8, 4) is 11.1 Å². The molecule has 0 aliphatic rings. The van der Waals surface area contributed by atoms with Gasteiger partial charge in [0.25, 0.3) is 5.91 Å². The second-order valence-corrected chi connectivity index (χ2v) is 8.64. The Balaban J connectivity index is 1.76. The highest BCUT2D eigenvalue weighted by Crippen LogP contribution is 2.27. The molecule has 2 N–H and O–H groups in total. The van der Waals surface area contributed by atoms with E-state index >= 15 is 0 Å². The van der Waals surface area contributed by atoms with E-state index in [0.717, 1.165) is 22.9 Å². The third-order valence-electron chi connectivity index (χ3n) is 3.60. The van der Waals surface area contributed by atoms with E-state index in [-0.39, 0.29) is 5.91 Å². The summed E-state index contributed by atoms with van der Waals surface area (Å²) in [6.45, 7) is 2.03. The van der Waals surface area contributed by atoms with Gasteiger partial charge in [0.15, 0.2) is 0 Å². The Kier molecular flexibility index (Phi) is 5.11. The fraction of sp³-hybridized carbons (Fsp3) is 0.105. The van der Waals surface area contributed by atoms with Gasteiger partial charge in [0.05, 0.1) is 16.8 Å². The number of nitrogens with one attached hydrogen (secondary N) is 2. The number of sulfonamides is 1. The van der Waals surface area contributed by atoms with Crippen LogP contribution in [0.3, 0.4) is 0 Å². The number of carbonyl (C=O) groups is 1. The van der Waals surface area contributed by atoms with Crippen LogP contribution in [0.5, 0.6) is 0 Å². The average Bonchev–Trinajstić information content (AvgIpc) is 3.03. The molecule has 0 radical (unpaired) electrons. The lowest BCUT2D eigenvalue weighted by Crippen LogP contribution is -2.12. The maximum Gasteiger partial charge on any atom is 0.265 e. The van der Waals surface area contributed by atoms with Crippen molar-refractivity contribution in [3.05, 3.63) is 70.4 Å². The minimum Gasteiger partial charge on any atom is -0.321 e. The molecule has 3 rings (SSSR count). The molecule has 0 unspecified atom stereocenters. The summed E-state index contributed by atoms with van der Waals surface area (Å²) in [5, 5.41) is 4.75. The van der Waals surface area contributed by atoms with Gasteiger partial charge in [-0.3, -0.25) is 9.52 Å². The van der Waals surface area contributed by atoms with Crippen LogP contribution in [0.1, 0.15) is 15.2 Å². The molecule has 0 saturated heterocycles. The van der Waals surface area contributed by atoms with Crippen LogP contribution in [0.2, 0.25) is 0 Å². The maximum atomic E-state index is 12.5. The van der Waals surface area contributed by atoms with E-state index in [0.29, 0.717) is 16.3 Å². The van der Waals surface area contributed by atoms with E-state index in [4.69, 9.17) is 0 Å². The molecule has 1 heterocycles. The van der Waals surface area contributed by atoms with Crippen LogP contribution < -0.4 is 10.0 Å². The molecule has 0 bridgehead atoms. The van der Waals surface area contributed by atoms with E-state index in [2.05, 4.69) is 16.1 Å². The number of carbonyl (C=O) groups excluding carboxylic acids is 1. The molecule has 0 spiro atoms. The monoisotopic (exact) mass is 386 g/mol. The summed E-state index contributed by atoms with van der Waals surface area (Å²) in [6, 6.07) is 16.5. The second kappa shape index (κ2) is 7.31. The summed E-state index contributed by atoms with van der Waals surface area (Å²) in [6.07, 6.45) is 1.08. The third kappa shape index (κ3) is 4.71. The van der Waals surface area contributed by atoms with E-state index in [1.807, 2.05) is 36.6 Å². The molecule has 2 aromatic carbocycles. The van der Waals surface area contributed by atoms with Gasteiger partial charge in [-0.05, 0) is 47.7 Å². The van der Waals surface area contributed by atoms with Crippen LogP contribution >= 0.6 is 11.3 Å². The number of thiophene rings is 1. The summed E-state index contributed by atoms with van der Waals surface area (Å²) < 4.78 is 25.0. The Hall–Kier alpha value is -2.64. The van der Waals surface area contributed by atoms with E-state index in [1.165, 1.54) is 11.3 Å². The molecule has 1 amide bonds. The van der Waals surface area contributed by atoms with Crippen molar-refractivity contribution in [1.29, 1.82) is 0 Å². The van der Waals surface area contributed by atoms with Crippen LogP contribution in [0, 0.1) is 6.92 Å². The van der Waals surface area contributed by atoms with Crippen LogP contribution in [-0.2, 0) is 10.0 Å². The smallest absolute Gasteiger partial charge is 0.265 e. The van der Waals surface area contributed by atoms with Crippen molar-refractivity contribution in [2.24, 2.45) is 0 Å². The van der Waals surface area contributed by atoms with Crippen molar-refractivity contribution in [3.63, 3.8) is 0 Å². The van der Waals surface area contributed by atoms with Gasteiger partial charge in [-0.1, -0.05) is 35.9 Å². The first kappa shape index (κ1) is 18.2. The van der Waals surface area contributed by atoms with Gasteiger partial charge < -0.3 is 5.32 Å². The number of rotatable bonds is 5. The molecule has 0 aliphatic carbocycles. The van der Waals surface area contributed by atoms with Gasteiger partial charge in [-0.25, -0.2) is 8.42 Å². The molecule has 0 aliphatic heterocycles. The molecule has 1 aromatic heterocycles. The first-order chi connectivity index (χ1) is 12.3. The molecule has 0 fully saturated rings. The highest BCUT2D eigenvalue weighted by atomic mass is 32.2. The average molecular weight is 386 g/mol. The lowest BCUT2D eigenvalue weighted by molar-refractivity contribution is 0.103. The predicted molar refractivity (Wildman–Crippen MR) is 107 cm³/mol. The molecule has 7 heteroatoms. The van der Waals surface area contributed by atoms with E-state index < -0.39 is 10.0 Å². The molecular formula is C19H18N2O3S2. The van der Waals surface area contributed by atoms with Crippen molar-refractivity contribution >= 4 is 38.6 Å². The zero-order valence-corrected chi connectivity index (χ0v) is 15.9. The second-order valence-electron chi connectivity index (χ2n) is 5.98. The topological polar surface area (TPSA) is 75.3 Å². The molecular weight excluding hydrogens is 368 g/mol. The Labute approximate surface area is 156 Å². The van der Waals surface area contributed by atoms with Crippen LogP contribution in [-0.4, -0.2) is 20.6 Å². The fourth-order valence-corrected chi connectivity index (χ4v) is 3.86. The zero-order valence-electron chi connectivity index (χ0n) is 14.3. The van der Waals surface area contributed by atoms with Gasteiger partial charge in [-0.15, -0.1) is 11.3 Å². The van der Waals surface area contributed by atoms with Crippen molar-refractivity contribution in [2.45, 2.75) is 6.92 Å². The van der Waals surface area contributed by atoms with Crippen LogP contribution in [0.25, 0.3) is 11.1 Å². The zero-order chi connectivity index (χ0) is 18.7. The van der Waals surface area contributed by atoms with E-state index in [9.17, 15) is 13.2 Å². The van der Waals surface area contributed by atoms with E-state index in [1.54, 1.807) is 24.3 Å². The molecule has 26 heavy (non-hydrogen) atoms. The summed E-state index contributed by atoms with van der Waals surface area (Å²) in [5.74, 6) is -0.231. The summed E-state index contributed by atoms with van der Waals surface area (Å²) >= 11 is 1.37. The number of benzene rings is 2. The number of hydrogen-bond donors (Lipinski definition) is 2. The fourth-order valence-electron chi connectivity index (χ4n) is 2.50. The minimum atomic E-state index is -3.37. The molecule has 0 saturated carbocycles. The summed E-state index contributed by atoms with van der Waals surface area (Å²) in [4.78, 5) is 13.1. The Morgan fingerprint density at radius 3 is 2.42 bits per heavy atom. The van der Waals surface area contributed by atoms with Gasteiger partial charge >= 0.3 is 0 Å². The van der Waals surface area contributed by atoms with Crippen molar-refractivity contribution < 1.29 is 13.2 Å². The molecule has 0 atom stereocenters. The first-order valence-corrected chi connectivity index (χ1v) is 10.6. The lowest BCUT2D eigenvalue weighted by Gasteiger charge is -2.07. The number of anilines is 2. The minimum absolute atomic E-state index is 0.231. The van der Waals surface area contributed by atoms with Gasteiger partial charge in [-0.2, -0.15) is 0 Å². The summed E-state index contributed by atoms with van der Waals surface area (Å²) in [7, 11) is -3.37. The third-order valence-corrected chi connectivity index (χ3v) is 5.13. The SMILES string of the molecule is Cc1cccc(-c2csc(C(=O)Nc3cccc(NS(C)(=O)=O)c3)c2)c1. The first-order valence-electron chi connectivity index (χ1n) is 7.85. The Morgan fingerprint density at radius 1 is 0.962 bits per heavy atom. The van der Waals surface area contributed by atoms with Gasteiger partial charge in [0.1, 0.15) is 0 Å². The maximum absolute atomic E-state index is 12.5. The lowest BCUT2D eigenvalue weighted by atomic mass is 10.1. The number of hydrogen-bond acceptors (Lipinski definition) is 4. The molecule has 5 nitrogen and oxygen atoms in total. The number of amides is 1. The number of aryl methyl sites for hydroxylation is 1. The highest BCUT2D eigenvalue weighted by Gasteiger charge is 2.11. The van der Waals surface area contributed by atoms with Crippen molar-refractivity contribution in [2.75, 3.05) is 16.3 Å². The summed E-state index contributed by atoms with van der Waals surface area (Å²) in [5.41, 5.74) is 4.15. The Bertz CT molecular complexity index is 1060. The van der Waals surface area contributed by atoms with Crippen molar-refractivity contribution in [1.82, 2.24) is 0 Å². The van der Waals surface area contributed by atoms with Crippen LogP contribution in [0.15, 0.2) is 60.0 Å². The normalized spacial score (nSPS) is 11.2. The largest absolute Gasteiger partial charge is 0.321 e.